The minimum Gasteiger partial charge on any atom is -0.360 e. The number of carbonyl (C=O) groups is 2. The highest BCUT2D eigenvalue weighted by molar-refractivity contribution is 6.09. The first kappa shape index (κ1) is 17.2. The van der Waals surface area contributed by atoms with Gasteiger partial charge in [-0.2, -0.15) is 0 Å². The first-order valence-electron chi connectivity index (χ1n) is 6.91. The average molecular weight is 296 g/mol. The van der Waals surface area contributed by atoms with E-state index in [0.717, 1.165) is 13.0 Å². The largest absolute Gasteiger partial charge is 0.360 e. The van der Waals surface area contributed by atoms with E-state index < -0.39 is 11.3 Å². The molecule has 0 aliphatic rings. The van der Waals surface area contributed by atoms with Crippen LogP contribution in [-0.2, 0) is 9.59 Å². The van der Waals surface area contributed by atoms with E-state index >= 15 is 0 Å². The topological polar surface area (TPSA) is 87.5 Å². The Morgan fingerprint density at radius 2 is 2.00 bits per heavy atom. The molecule has 2 N–H and O–H groups in total. The van der Waals surface area contributed by atoms with Crippen molar-refractivity contribution in [2.75, 3.05) is 32.5 Å². The SMILES string of the molecule is Cc1cc(NC(=O)C(C)(C)C(=O)NCCCN(C)C)no1. The molecule has 0 aromatic carbocycles. The van der Waals surface area contributed by atoms with Gasteiger partial charge >= 0.3 is 0 Å². The van der Waals surface area contributed by atoms with Crippen LogP contribution in [0.5, 0.6) is 0 Å². The quantitative estimate of drug-likeness (QED) is 0.579. The molecule has 1 rings (SSSR count). The molecule has 0 fully saturated rings. The van der Waals surface area contributed by atoms with Crippen LogP contribution in [0, 0.1) is 12.3 Å². The van der Waals surface area contributed by atoms with Crippen LogP contribution >= 0.6 is 0 Å². The highest BCUT2D eigenvalue weighted by Gasteiger charge is 2.36. The molecule has 0 saturated carbocycles. The normalized spacial score (nSPS) is 11.5. The van der Waals surface area contributed by atoms with E-state index in [1.807, 2.05) is 19.0 Å². The first-order valence-corrected chi connectivity index (χ1v) is 6.91. The number of aromatic nitrogens is 1. The summed E-state index contributed by atoms with van der Waals surface area (Å²) in [5, 5.41) is 9.04. The van der Waals surface area contributed by atoms with Crippen molar-refractivity contribution in [3.63, 3.8) is 0 Å². The lowest BCUT2D eigenvalue weighted by Gasteiger charge is -2.22. The molecule has 0 aliphatic heterocycles. The summed E-state index contributed by atoms with van der Waals surface area (Å²) >= 11 is 0. The second-order valence-corrected chi connectivity index (χ2v) is 5.81. The van der Waals surface area contributed by atoms with Crippen molar-refractivity contribution in [2.24, 2.45) is 5.41 Å². The molecule has 0 spiro atoms. The summed E-state index contributed by atoms with van der Waals surface area (Å²) in [6.45, 7) is 6.31. The van der Waals surface area contributed by atoms with Crippen molar-refractivity contribution < 1.29 is 14.1 Å². The molecule has 21 heavy (non-hydrogen) atoms. The molecule has 1 aromatic heterocycles. The minimum atomic E-state index is -1.18. The Bertz CT molecular complexity index is 494. The standard InChI is InChI=1S/C14H24N4O3/c1-10-9-11(17-21-10)16-13(20)14(2,3)12(19)15-7-6-8-18(4)5/h9H,6-8H2,1-5H3,(H,15,19)(H,16,17,20). The fourth-order valence-electron chi connectivity index (χ4n) is 1.62. The Hall–Kier alpha value is -1.89. The molecule has 1 heterocycles. The van der Waals surface area contributed by atoms with Crippen LogP contribution < -0.4 is 10.6 Å². The van der Waals surface area contributed by atoms with Gasteiger partial charge in [-0.15, -0.1) is 0 Å². The molecule has 0 unspecified atom stereocenters. The van der Waals surface area contributed by atoms with Crippen molar-refractivity contribution in [3.8, 4) is 0 Å². The van der Waals surface area contributed by atoms with Crippen LogP contribution in [0.2, 0.25) is 0 Å². The van der Waals surface area contributed by atoms with Crippen LogP contribution in [0.25, 0.3) is 0 Å². The molecule has 0 saturated heterocycles. The summed E-state index contributed by atoms with van der Waals surface area (Å²) in [5.74, 6) is 0.183. The fraction of sp³-hybridized carbons (Fsp3) is 0.643. The molecule has 2 amide bonds. The summed E-state index contributed by atoms with van der Waals surface area (Å²) in [4.78, 5) is 26.3. The highest BCUT2D eigenvalue weighted by atomic mass is 16.5. The van der Waals surface area contributed by atoms with Crippen molar-refractivity contribution in [3.05, 3.63) is 11.8 Å². The van der Waals surface area contributed by atoms with Gasteiger partial charge in [-0.1, -0.05) is 5.16 Å². The third-order valence-corrected chi connectivity index (χ3v) is 3.07. The second kappa shape index (κ2) is 7.21. The number of carbonyl (C=O) groups excluding carboxylic acids is 2. The van der Waals surface area contributed by atoms with Gasteiger partial charge in [0.25, 0.3) is 0 Å². The smallest absolute Gasteiger partial charge is 0.240 e. The zero-order valence-electron chi connectivity index (χ0n) is 13.3. The molecular formula is C14H24N4O3. The van der Waals surface area contributed by atoms with E-state index in [0.29, 0.717) is 18.1 Å². The summed E-state index contributed by atoms with van der Waals surface area (Å²) in [6.07, 6.45) is 0.832. The molecular weight excluding hydrogens is 272 g/mol. The van der Waals surface area contributed by atoms with Gasteiger partial charge in [-0.25, -0.2) is 0 Å². The van der Waals surface area contributed by atoms with Gasteiger partial charge in [0.2, 0.25) is 11.8 Å². The summed E-state index contributed by atoms with van der Waals surface area (Å²) in [7, 11) is 3.94. The highest BCUT2D eigenvalue weighted by Crippen LogP contribution is 2.19. The number of nitrogens with zero attached hydrogens (tertiary/aromatic N) is 2. The van der Waals surface area contributed by atoms with E-state index in [-0.39, 0.29) is 5.91 Å². The van der Waals surface area contributed by atoms with Gasteiger partial charge in [0, 0.05) is 12.6 Å². The Labute approximate surface area is 125 Å². The predicted molar refractivity (Wildman–Crippen MR) is 79.8 cm³/mol. The van der Waals surface area contributed by atoms with E-state index in [2.05, 4.69) is 15.8 Å². The van der Waals surface area contributed by atoms with Gasteiger partial charge in [0.1, 0.15) is 11.2 Å². The zero-order valence-corrected chi connectivity index (χ0v) is 13.3. The maximum Gasteiger partial charge on any atom is 0.240 e. The van der Waals surface area contributed by atoms with Crippen molar-refractivity contribution >= 4 is 17.6 Å². The fourth-order valence-corrected chi connectivity index (χ4v) is 1.62. The third kappa shape index (κ3) is 5.18. The van der Waals surface area contributed by atoms with Crippen molar-refractivity contribution in [1.29, 1.82) is 0 Å². The molecule has 7 heteroatoms. The number of anilines is 1. The Balaban J connectivity index is 2.50. The van der Waals surface area contributed by atoms with Crippen molar-refractivity contribution in [2.45, 2.75) is 27.2 Å². The Morgan fingerprint density at radius 3 is 2.52 bits per heavy atom. The van der Waals surface area contributed by atoms with Crippen molar-refractivity contribution in [1.82, 2.24) is 15.4 Å². The van der Waals surface area contributed by atoms with Crippen LogP contribution in [-0.4, -0.2) is 49.1 Å². The molecule has 7 nitrogen and oxygen atoms in total. The number of rotatable bonds is 7. The molecule has 0 radical (unpaired) electrons. The Morgan fingerprint density at radius 1 is 1.33 bits per heavy atom. The van der Waals surface area contributed by atoms with Gasteiger partial charge < -0.3 is 20.1 Å². The van der Waals surface area contributed by atoms with Crippen LogP contribution in [0.1, 0.15) is 26.0 Å². The average Bonchev–Trinajstić information content (AvgIpc) is 2.79. The summed E-state index contributed by atoms with van der Waals surface area (Å²) in [6, 6.07) is 1.60. The lowest BCUT2D eigenvalue weighted by Crippen LogP contribution is -2.45. The van der Waals surface area contributed by atoms with Gasteiger partial charge in [0.05, 0.1) is 0 Å². The molecule has 0 bridgehead atoms. The third-order valence-electron chi connectivity index (χ3n) is 3.07. The number of amides is 2. The van der Waals surface area contributed by atoms with Gasteiger partial charge in [-0.3, -0.25) is 9.59 Å². The lowest BCUT2D eigenvalue weighted by molar-refractivity contribution is -0.138. The van der Waals surface area contributed by atoms with E-state index in [1.54, 1.807) is 26.8 Å². The Kier molecular flexibility index (Phi) is 5.90. The first-order chi connectivity index (χ1) is 9.73. The maximum atomic E-state index is 12.2. The maximum absolute atomic E-state index is 12.2. The molecule has 1 aromatic rings. The monoisotopic (exact) mass is 296 g/mol. The lowest BCUT2D eigenvalue weighted by atomic mass is 9.91. The second-order valence-electron chi connectivity index (χ2n) is 5.81. The van der Waals surface area contributed by atoms with E-state index in [9.17, 15) is 9.59 Å². The molecule has 0 aliphatic carbocycles. The van der Waals surface area contributed by atoms with Crippen LogP contribution in [0.4, 0.5) is 5.82 Å². The zero-order chi connectivity index (χ0) is 16.0. The van der Waals surface area contributed by atoms with Gasteiger partial charge in [-0.05, 0) is 47.8 Å². The number of hydrogen-bond acceptors (Lipinski definition) is 5. The minimum absolute atomic E-state index is 0.307. The van der Waals surface area contributed by atoms with E-state index in [1.165, 1.54) is 0 Å². The number of hydrogen-bond donors (Lipinski definition) is 2. The predicted octanol–water partition coefficient (Wildman–Crippen LogP) is 1.02. The van der Waals surface area contributed by atoms with E-state index in [4.69, 9.17) is 4.52 Å². The van der Waals surface area contributed by atoms with Crippen LogP contribution in [0.15, 0.2) is 10.6 Å². The van der Waals surface area contributed by atoms with Gasteiger partial charge in [0.15, 0.2) is 5.82 Å². The summed E-state index contributed by atoms with van der Waals surface area (Å²) in [5.41, 5.74) is -1.18. The number of nitrogens with one attached hydrogen (secondary N) is 2. The molecule has 118 valence electrons. The summed E-state index contributed by atoms with van der Waals surface area (Å²) < 4.78 is 4.87. The molecule has 0 atom stereocenters. The number of aryl methyl sites for hydroxylation is 1. The van der Waals surface area contributed by atoms with Crippen LogP contribution in [0.3, 0.4) is 0 Å².